The second-order valence-electron chi connectivity index (χ2n) is 4.21. The van der Waals surface area contributed by atoms with Gasteiger partial charge in [-0.15, -0.1) is 0 Å². The van der Waals surface area contributed by atoms with E-state index in [0.717, 1.165) is 32.5 Å². The Balaban J connectivity index is 2.16. The van der Waals surface area contributed by atoms with Gasteiger partial charge in [0, 0.05) is 16.6 Å². The van der Waals surface area contributed by atoms with Crippen molar-refractivity contribution in [3.8, 4) is 11.3 Å². The Morgan fingerprint density at radius 2 is 1.83 bits per heavy atom. The SMILES string of the molecule is Cc1ccc2cc(-c3cccc(Br)n3)ccc2n1. The van der Waals surface area contributed by atoms with E-state index < -0.39 is 0 Å². The molecular weight excluding hydrogens is 288 g/mol. The van der Waals surface area contributed by atoms with Crippen molar-refractivity contribution in [3.63, 3.8) is 0 Å². The lowest BCUT2D eigenvalue weighted by atomic mass is 10.1. The molecule has 88 valence electrons. The third-order valence-corrected chi connectivity index (χ3v) is 3.28. The van der Waals surface area contributed by atoms with E-state index in [2.05, 4.69) is 44.1 Å². The predicted molar refractivity (Wildman–Crippen MR) is 77.4 cm³/mol. The van der Waals surface area contributed by atoms with Crippen LogP contribution in [0.1, 0.15) is 5.69 Å². The smallest absolute Gasteiger partial charge is 0.106 e. The topological polar surface area (TPSA) is 25.8 Å². The number of aromatic nitrogens is 2. The van der Waals surface area contributed by atoms with E-state index in [1.807, 2.05) is 37.3 Å². The first-order valence-corrected chi connectivity index (χ1v) is 6.52. The number of rotatable bonds is 1. The molecule has 2 nitrogen and oxygen atoms in total. The lowest BCUT2D eigenvalue weighted by molar-refractivity contribution is 1.25. The number of nitrogens with zero attached hydrogens (tertiary/aromatic N) is 2. The molecule has 0 atom stereocenters. The largest absolute Gasteiger partial charge is 0.253 e. The fourth-order valence-corrected chi connectivity index (χ4v) is 2.30. The highest BCUT2D eigenvalue weighted by Crippen LogP contribution is 2.23. The van der Waals surface area contributed by atoms with Crippen molar-refractivity contribution in [3.05, 3.63) is 58.8 Å². The number of fused-ring (bicyclic) bond motifs is 1. The third kappa shape index (κ3) is 2.14. The van der Waals surface area contributed by atoms with Crippen molar-refractivity contribution in [2.24, 2.45) is 0 Å². The van der Waals surface area contributed by atoms with Crippen LogP contribution < -0.4 is 0 Å². The van der Waals surface area contributed by atoms with Crippen molar-refractivity contribution in [2.75, 3.05) is 0 Å². The normalized spacial score (nSPS) is 10.8. The molecule has 0 aliphatic carbocycles. The van der Waals surface area contributed by atoms with Crippen LogP contribution in [0.5, 0.6) is 0 Å². The highest BCUT2D eigenvalue weighted by Gasteiger charge is 2.02. The van der Waals surface area contributed by atoms with Gasteiger partial charge in [-0.2, -0.15) is 0 Å². The van der Waals surface area contributed by atoms with Crippen molar-refractivity contribution in [1.29, 1.82) is 0 Å². The molecule has 2 heterocycles. The van der Waals surface area contributed by atoms with Crippen molar-refractivity contribution in [2.45, 2.75) is 6.92 Å². The highest BCUT2D eigenvalue weighted by molar-refractivity contribution is 9.10. The van der Waals surface area contributed by atoms with Gasteiger partial charge < -0.3 is 0 Å². The molecule has 2 aromatic heterocycles. The lowest BCUT2D eigenvalue weighted by Crippen LogP contribution is -1.86. The van der Waals surface area contributed by atoms with Gasteiger partial charge >= 0.3 is 0 Å². The predicted octanol–water partition coefficient (Wildman–Crippen LogP) is 4.37. The summed E-state index contributed by atoms with van der Waals surface area (Å²) in [7, 11) is 0. The molecule has 0 radical (unpaired) electrons. The van der Waals surface area contributed by atoms with Gasteiger partial charge in [0.2, 0.25) is 0 Å². The number of halogens is 1. The second kappa shape index (κ2) is 4.50. The molecule has 3 heteroatoms. The van der Waals surface area contributed by atoms with E-state index in [4.69, 9.17) is 0 Å². The molecule has 0 aliphatic rings. The number of benzene rings is 1. The maximum Gasteiger partial charge on any atom is 0.106 e. The van der Waals surface area contributed by atoms with Gasteiger partial charge in [0.05, 0.1) is 11.2 Å². The quantitative estimate of drug-likeness (QED) is 0.624. The van der Waals surface area contributed by atoms with Gasteiger partial charge in [-0.05, 0) is 53.2 Å². The summed E-state index contributed by atoms with van der Waals surface area (Å²) in [4.78, 5) is 8.96. The molecule has 3 aromatic rings. The Kier molecular flexibility index (Phi) is 2.84. The molecule has 0 aliphatic heterocycles. The summed E-state index contributed by atoms with van der Waals surface area (Å²) in [5, 5.41) is 1.14. The number of hydrogen-bond donors (Lipinski definition) is 0. The number of aryl methyl sites for hydroxylation is 1. The van der Waals surface area contributed by atoms with Crippen LogP contribution in [-0.2, 0) is 0 Å². The molecule has 0 saturated heterocycles. The second-order valence-corrected chi connectivity index (χ2v) is 5.02. The summed E-state index contributed by atoms with van der Waals surface area (Å²) >= 11 is 3.40. The number of pyridine rings is 2. The van der Waals surface area contributed by atoms with E-state index >= 15 is 0 Å². The minimum Gasteiger partial charge on any atom is -0.253 e. The first kappa shape index (κ1) is 11.4. The van der Waals surface area contributed by atoms with Crippen LogP contribution in [-0.4, -0.2) is 9.97 Å². The van der Waals surface area contributed by atoms with E-state index in [1.165, 1.54) is 0 Å². The zero-order chi connectivity index (χ0) is 12.5. The molecule has 3 rings (SSSR count). The van der Waals surface area contributed by atoms with Gasteiger partial charge in [-0.25, -0.2) is 4.98 Å². The Morgan fingerprint density at radius 3 is 2.67 bits per heavy atom. The molecule has 0 fully saturated rings. The van der Waals surface area contributed by atoms with E-state index in [1.54, 1.807) is 0 Å². The van der Waals surface area contributed by atoms with Gasteiger partial charge in [0.1, 0.15) is 4.60 Å². The Morgan fingerprint density at radius 1 is 0.944 bits per heavy atom. The summed E-state index contributed by atoms with van der Waals surface area (Å²) in [5.74, 6) is 0. The molecule has 18 heavy (non-hydrogen) atoms. The third-order valence-electron chi connectivity index (χ3n) is 2.84. The van der Waals surface area contributed by atoms with Crippen LogP contribution in [0.3, 0.4) is 0 Å². The average molecular weight is 299 g/mol. The van der Waals surface area contributed by atoms with Crippen LogP contribution in [0.15, 0.2) is 53.1 Å². The van der Waals surface area contributed by atoms with Crippen LogP contribution in [0.2, 0.25) is 0 Å². The maximum atomic E-state index is 4.50. The molecular formula is C15H11BrN2. The van der Waals surface area contributed by atoms with Crippen molar-refractivity contribution >= 4 is 26.8 Å². The summed E-state index contributed by atoms with van der Waals surface area (Å²) < 4.78 is 0.849. The Bertz CT molecular complexity index is 723. The molecule has 0 saturated carbocycles. The summed E-state index contributed by atoms with van der Waals surface area (Å²) in [6.45, 7) is 2.00. The van der Waals surface area contributed by atoms with Gasteiger partial charge in [-0.1, -0.05) is 18.2 Å². The van der Waals surface area contributed by atoms with E-state index in [0.29, 0.717) is 0 Å². The molecule has 0 bridgehead atoms. The monoisotopic (exact) mass is 298 g/mol. The van der Waals surface area contributed by atoms with Crippen molar-refractivity contribution < 1.29 is 0 Å². The number of hydrogen-bond acceptors (Lipinski definition) is 2. The van der Waals surface area contributed by atoms with Crippen LogP contribution in [0.4, 0.5) is 0 Å². The van der Waals surface area contributed by atoms with E-state index in [-0.39, 0.29) is 0 Å². The van der Waals surface area contributed by atoms with Crippen LogP contribution in [0.25, 0.3) is 22.2 Å². The molecule has 1 aromatic carbocycles. The van der Waals surface area contributed by atoms with Crippen LogP contribution >= 0.6 is 15.9 Å². The van der Waals surface area contributed by atoms with E-state index in [9.17, 15) is 0 Å². The lowest BCUT2D eigenvalue weighted by Gasteiger charge is -2.04. The summed E-state index contributed by atoms with van der Waals surface area (Å²) in [6, 6.07) is 16.3. The molecule has 0 unspecified atom stereocenters. The van der Waals surface area contributed by atoms with Gasteiger partial charge in [0.15, 0.2) is 0 Å². The first-order chi connectivity index (χ1) is 8.72. The zero-order valence-corrected chi connectivity index (χ0v) is 11.5. The van der Waals surface area contributed by atoms with Gasteiger partial charge in [0.25, 0.3) is 0 Å². The maximum absolute atomic E-state index is 4.50. The fraction of sp³-hybridized carbons (Fsp3) is 0.0667. The molecule has 0 spiro atoms. The van der Waals surface area contributed by atoms with Crippen molar-refractivity contribution in [1.82, 2.24) is 9.97 Å². The highest BCUT2D eigenvalue weighted by atomic mass is 79.9. The fourth-order valence-electron chi connectivity index (χ4n) is 1.96. The van der Waals surface area contributed by atoms with Gasteiger partial charge in [-0.3, -0.25) is 4.98 Å². The Labute approximate surface area is 114 Å². The zero-order valence-electron chi connectivity index (χ0n) is 9.89. The van der Waals surface area contributed by atoms with Crippen LogP contribution in [0, 0.1) is 6.92 Å². The standard InChI is InChI=1S/C15H11BrN2/c1-10-5-6-11-9-12(7-8-14(11)17-10)13-3-2-4-15(16)18-13/h2-9H,1H3. The molecule has 0 amide bonds. The molecule has 0 N–H and O–H groups in total. The minimum atomic E-state index is 0.849. The minimum absolute atomic E-state index is 0.849. The first-order valence-electron chi connectivity index (χ1n) is 5.73. The Hall–Kier alpha value is -1.74. The summed E-state index contributed by atoms with van der Waals surface area (Å²) in [6.07, 6.45) is 0. The average Bonchev–Trinajstić information content (AvgIpc) is 2.38. The summed E-state index contributed by atoms with van der Waals surface area (Å²) in [5.41, 5.74) is 4.13.